The van der Waals surface area contributed by atoms with Crippen LogP contribution in [0.25, 0.3) is 0 Å². The molecule has 1 aliphatic heterocycles. The van der Waals surface area contributed by atoms with Crippen molar-refractivity contribution in [1.82, 2.24) is 4.90 Å². The Morgan fingerprint density at radius 3 is 2.24 bits per heavy atom. The second kappa shape index (κ2) is 9.13. The molecule has 100 valence electrons. The molecule has 0 spiro atoms. The molecule has 0 atom stereocenters. The average Bonchev–Trinajstić information content (AvgIpc) is 2.24. The highest BCUT2D eigenvalue weighted by Crippen LogP contribution is 2.06. The molecule has 6 heteroatoms. The summed E-state index contributed by atoms with van der Waals surface area (Å²) in [6.07, 6.45) is 14.1. The molecule has 1 aliphatic rings. The van der Waals surface area contributed by atoms with E-state index in [4.69, 9.17) is 0 Å². The van der Waals surface area contributed by atoms with Gasteiger partial charge in [-0.15, -0.1) is 0 Å². The summed E-state index contributed by atoms with van der Waals surface area (Å²) in [6, 6.07) is 0. The van der Waals surface area contributed by atoms with Crippen LogP contribution < -0.4 is 0 Å². The van der Waals surface area contributed by atoms with Gasteiger partial charge >= 0.3 is 8.68 Å². The summed E-state index contributed by atoms with van der Waals surface area (Å²) >= 11 is 0. The standard InChI is InChI=1S/C11H19N.BF4/c1-2-3-4-6-9-12-10-7-5-8-11-12;2-1(3,4)5/h5,7-8,10H,2-4,6,9,11H2,1H3;/q;-1/p+1. The van der Waals surface area contributed by atoms with E-state index < -0.39 is 7.25 Å². The minimum absolute atomic E-state index is 0. The monoisotopic (exact) mass is 253 g/mol. The summed E-state index contributed by atoms with van der Waals surface area (Å²) in [5.74, 6) is 0. The van der Waals surface area contributed by atoms with Crippen LogP contribution in [0.1, 0.15) is 34.0 Å². The normalized spacial score (nSPS) is 14.5. The van der Waals surface area contributed by atoms with E-state index in [0.29, 0.717) is 0 Å². The van der Waals surface area contributed by atoms with Crippen LogP contribution >= 0.6 is 0 Å². The lowest BCUT2D eigenvalue weighted by molar-refractivity contribution is 0.368. The van der Waals surface area contributed by atoms with Gasteiger partial charge in [0.25, 0.3) is 0 Å². The number of allylic oxidation sites excluding steroid dienone is 2. The van der Waals surface area contributed by atoms with Crippen molar-refractivity contribution >= 4 is 7.25 Å². The van der Waals surface area contributed by atoms with Gasteiger partial charge in [-0.3, -0.25) is 0 Å². The SMILES string of the molecule is CCCCCCN1C=CC=CC1.F[B-](F)(F)F.[H+]. The number of rotatable bonds is 5. The van der Waals surface area contributed by atoms with Crippen molar-refractivity contribution in [3.63, 3.8) is 0 Å². The van der Waals surface area contributed by atoms with E-state index in [1.54, 1.807) is 0 Å². The fraction of sp³-hybridized carbons (Fsp3) is 0.636. The molecule has 1 heterocycles. The molecule has 0 aromatic rings. The van der Waals surface area contributed by atoms with E-state index in [1.807, 2.05) is 0 Å². The summed E-state index contributed by atoms with van der Waals surface area (Å²) in [4.78, 5) is 2.37. The molecule has 0 aliphatic carbocycles. The van der Waals surface area contributed by atoms with Crippen LogP contribution in [0.5, 0.6) is 0 Å². The molecule has 0 fully saturated rings. The maximum Gasteiger partial charge on any atom is 1.00 e. The first kappa shape index (κ1) is 16.1. The maximum absolute atomic E-state index is 9.75. The lowest BCUT2D eigenvalue weighted by atomic mass is 10.2. The number of nitrogens with zero attached hydrogens (tertiary/aromatic N) is 1. The molecule has 0 aromatic carbocycles. The van der Waals surface area contributed by atoms with Gasteiger partial charge in [0.1, 0.15) is 0 Å². The van der Waals surface area contributed by atoms with Crippen LogP contribution in [0.3, 0.4) is 0 Å². The van der Waals surface area contributed by atoms with Gasteiger partial charge in [-0.1, -0.05) is 38.3 Å². The summed E-state index contributed by atoms with van der Waals surface area (Å²) in [5.41, 5.74) is 0. The Morgan fingerprint density at radius 2 is 1.76 bits per heavy atom. The first-order chi connectivity index (χ1) is 7.93. The maximum atomic E-state index is 9.75. The van der Waals surface area contributed by atoms with Gasteiger partial charge in [0.05, 0.1) is 0 Å². The topological polar surface area (TPSA) is 3.24 Å². The van der Waals surface area contributed by atoms with Gasteiger partial charge in [0, 0.05) is 13.1 Å². The quantitative estimate of drug-likeness (QED) is 0.399. The second-order valence-electron chi connectivity index (χ2n) is 3.82. The molecule has 0 unspecified atom stereocenters. The fourth-order valence-electron chi connectivity index (χ4n) is 1.41. The Hall–Kier alpha value is -0.935. The Kier molecular flexibility index (Phi) is 8.63. The van der Waals surface area contributed by atoms with E-state index in [9.17, 15) is 17.3 Å². The third-order valence-corrected chi connectivity index (χ3v) is 2.18. The lowest BCUT2D eigenvalue weighted by Crippen LogP contribution is -2.19. The molecule has 1 rings (SSSR count). The average molecular weight is 253 g/mol. The van der Waals surface area contributed by atoms with E-state index in [-0.39, 0.29) is 1.43 Å². The summed E-state index contributed by atoms with van der Waals surface area (Å²) in [6.45, 7) is 4.58. The van der Waals surface area contributed by atoms with Gasteiger partial charge in [0.15, 0.2) is 0 Å². The van der Waals surface area contributed by atoms with Crippen molar-refractivity contribution in [3.8, 4) is 0 Å². The lowest BCUT2D eigenvalue weighted by Gasteiger charge is -2.19. The third-order valence-electron chi connectivity index (χ3n) is 2.18. The summed E-state index contributed by atoms with van der Waals surface area (Å²) in [7, 11) is -6.00. The molecule has 0 saturated heterocycles. The Labute approximate surface area is 102 Å². The number of unbranched alkanes of at least 4 members (excludes halogenated alkanes) is 3. The minimum Gasteiger partial charge on any atom is -0.418 e. The number of hydrogen-bond acceptors (Lipinski definition) is 1. The molecule has 0 radical (unpaired) electrons. The van der Waals surface area contributed by atoms with Gasteiger partial charge < -0.3 is 22.2 Å². The number of hydrogen-bond donors (Lipinski definition) is 0. The molecule has 0 N–H and O–H groups in total. The molecule has 0 aromatic heterocycles. The molecule has 0 saturated carbocycles. The van der Waals surface area contributed by atoms with Crippen molar-refractivity contribution in [3.05, 3.63) is 24.4 Å². The third kappa shape index (κ3) is 15.1. The highest BCUT2D eigenvalue weighted by atomic mass is 19.5. The van der Waals surface area contributed by atoms with E-state index in [0.717, 1.165) is 6.54 Å². The summed E-state index contributed by atoms with van der Waals surface area (Å²) in [5, 5.41) is 0. The molecular formula is C11H20BF4N. The van der Waals surface area contributed by atoms with Gasteiger partial charge in [-0.25, -0.2) is 0 Å². The van der Waals surface area contributed by atoms with Crippen molar-refractivity contribution in [2.45, 2.75) is 32.6 Å². The smallest absolute Gasteiger partial charge is 0.418 e. The predicted molar refractivity (Wildman–Crippen MR) is 65.3 cm³/mol. The van der Waals surface area contributed by atoms with Gasteiger partial charge in [-0.2, -0.15) is 0 Å². The van der Waals surface area contributed by atoms with Gasteiger partial charge in [0.2, 0.25) is 0 Å². The van der Waals surface area contributed by atoms with Crippen molar-refractivity contribution in [1.29, 1.82) is 0 Å². The molecule has 0 bridgehead atoms. The van der Waals surface area contributed by atoms with Crippen molar-refractivity contribution in [2.24, 2.45) is 0 Å². The zero-order chi connectivity index (χ0) is 13.1. The minimum atomic E-state index is -6.00. The fourth-order valence-corrected chi connectivity index (χ4v) is 1.41. The van der Waals surface area contributed by atoms with Crippen LogP contribution in [0.2, 0.25) is 0 Å². The van der Waals surface area contributed by atoms with E-state index in [1.165, 1.54) is 32.2 Å². The molecule has 17 heavy (non-hydrogen) atoms. The molecule has 0 amide bonds. The summed E-state index contributed by atoms with van der Waals surface area (Å²) < 4.78 is 39.0. The first-order valence-corrected chi connectivity index (χ1v) is 5.88. The van der Waals surface area contributed by atoms with Crippen LogP contribution in [-0.2, 0) is 0 Å². The second-order valence-corrected chi connectivity index (χ2v) is 3.82. The van der Waals surface area contributed by atoms with Crippen LogP contribution in [0.15, 0.2) is 24.4 Å². The highest BCUT2D eigenvalue weighted by Gasteiger charge is 2.20. The van der Waals surface area contributed by atoms with Crippen LogP contribution in [-0.4, -0.2) is 25.2 Å². The Bertz CT molecular complexity index is 238. The van der Waals surface area contributed by atoms with E-state index >= 15 is 0 Å². The van der Waals surface area contributed by atoms with Crippen LogP contribution in [0, 0.1) is 0 Å². The van der Waals surface area contributed by atoms with E-state index in [2.05, 4.69) is 36.3 Å². The largest absolute Gasteiger partial charge is 1.00 e. The first-order valence-electron chi connectivity index (χ1n) is 5.88. The van der Waals surface area contributed by atoms with Gasteiger partial charge in [-0.05, 0) is 18.7 Å². The highest BCUT2D eigenvalue weighted by molar-refractivity contribution is 6.50. The Balaban J connectivity index is 0. The zero-order valence-electron chi connectivity index (χ0n) is 11.1. The van der Waals surface area contributed by atoms with Crippen LogP contribution in [0.4, 0.5) is 17.3 Å². The zero-order valence-corrected chi connectivity index (χ0v) is 10.1. The molecule has 1 nitrogen and oxygen atoms in total. The predicted octanol–water partition coefficient (Wildman–Crippen LogP) is 4.36. The van der Waals surface area contributed by atoms with Crippen molar-refractivity contribution < 1.29 is 18.7 Å². The van der Waals surface area contributed by atoms with Crippen molar-refractivity contribution in [2.75, 3.05) is 13.1 Å². The molecular weight excluding hydrogens is 233 g/mol. The Morgan fingerprint density at radius 1 is 1.12 bits per heavy atom. The number of halogens is 4.